The second-order valence-electron chi connectivity index (χ2n) is 6.94. The molecule has 2 N–H and O–H groups in total. The van der Waals surface area contributed by atoms with E-state index >= 15 is 0 Å². The molecule has 3 heterocycles. The van der Waals surface area contributed by atoms with Crippen LogP contribution < -0.4 is 5.56 Å². The first-order valence-electron chi connectivity index (χ1n) is 8.74. The summed E-state index contributed by atoms with van der Waals surface area (Å²) in [7, 11) is 0. The predicted molar refractivity (Wildman–Crippen MR) is 94.5 cm³/mol. The Morgan fingerprint density at radius 3 is 2.74 bits per heavy atom. The third-order valence-electron chi connectivity index (χ3n) is 5.25. The van der Waals surface area contributed by atoms with Gasteiger partial charge < -0.3 is 14.8 Å². The molecule has 5 rings (SSSR count). The monoisotopic (exact) mass is 366 g/mol. The summed E-state index contributed by atoms with van der Waals surface area (Å²) in [6.07, 6.45) is 1.07. The first kappa shape index (κ1) is 16.1. The second kappa shape index (κ2) is 5.72. The van der Waals surface area contributed by atoms with Gasteiger partial charge in [0.25, 0.3) is 5.56 Å². The number of aryl methyl sites for hydroxylation is 2. The van der Waals surface area contributed by atoms with Crippen LogP contribution in [0.1, 0.15) is 34.8 Å². The molecule has 2 aromatic heterocycles. The summed E-state index contributed by atoms with van der Waals surface area (Å²) >= 11 is 0. The summed E-state index contributed by atoms with van der Waals surface area (Å²) in [5.74, 6) is -1.13. The maximum absolute atomic E-state index is 14.0. The van der Waals surface area contributed by atoms with E-state index in [-0.39, 0.29) is 23.6 Å². The fraction of sp³-hybridized carbons (Fsp3) is 0.250. The second-order valence-corrected chi connectivity index (χ2v) is 6.94. The zero-order chi connectivity index (χ0) is 18.7. The number of aliphatic hydroxyl groups excluding tert-OH is 1. The highest BCUT2D eigenvalue weighted by atomic mass is 19.1. The molecule has 0 bridgehead atoms. The van der Waals surface area contributed by atoms with Gasteiger partial charge in [0.2, 0.25) is 0 Å². The number of fused-ring (bicyclic) bond motifs is 1. The Kier molecular flexibility index (Phi) is 3.42. The Morgan fingerprint density at radius 1 is 1.15 bits per heavy atom. The van der Waals surface area contributed by atoms with Crippen molar-refractivity contribution in [3.63, 3.8) is 0 Å². The topological polar surface area (TPSA) is 92.3 Å². The van der Waals surface area contributed by atoms with Crippen LogP contribution in [0.3, 0.4) is 0 Å². The largest absolute Gasteiger partial charge is 0.458 e. The van der Waals surface area contributed by atoms with Crippen LogP contribution in [-0.2, 0) is 29.0 Å². The van der Waals surface area contributed by atoms with Gasteiger partial charge in [-0.1, -0.05) is 0 Å². The van der Waals surface area contributed by atoms with E-state index in [0.29, 0.717) is 16.9 Å². The van der Waals surface area contributed by atoms with Crippen molar-refractivity contribution >= 4 is 16.9 Å². The molecule has 0 amide bonds. The van der Waals surface area contributed by atoms with Gasteiger partial charge in [0.05, 0.1) is 22.5 Å². The van der Waals surface area contributed by atoms with E-state index < -0.39 is 17.6 Å². The van der Waals surface area contributed by atoms with E-state index in [2.05, 4.69) is 9.97 Å². The minimum absolute atomic E-state index is 0.175. The molecule has 1 aromatic carbocycles. The molecular formula is C20H15FN2O4. The van der Waals surface area contributed by atoms with Crippen molar-refractivity contribution < 1.29 is 19.0 Å². The van der Waals surface area contributed by atoms with Crippen molar-refractivity contribution in [2.45, 2.75) is 32.0 Å². The van der Waals surface area contributed by atoms with E-state index in [9.17, 15) is 19.1 Å². The van der Waals surface area contributed by atoms with Gasteiger partial charge in [-0.3, -0.25) is 4.79 Å². The van der Waals surface area contributed by atoms with Crippen molar-refractivity contribution in [2.24, 2.45) is 0 Å². The maximum atomic E-state index is 14.0. The van der Waals surface area contributed by atoms with Crippen molar-refractivity contribution in [3.8, 4) is 11.4 Å². The average Bonchev–Trinajstić information content (AvgIpc) is 2.64. The van der Waals surface area contributed by atoms with Crippen molar-refractivity contribution in [1.29, 1.82) is 0 Å². The molecule has 0 saturated heterocycles. The Labute approximate surface area is 152 Å². The first-order valence-corrected chi connectivity index (χ1v) is 8.74. The Bertz CT molecular complexity index is 1180. The number of nitrogens with zero attached hydrogens (tertiary/aromatic N) is 1. The SMILES string of the molecule is O=C1OCc2c(cc(-c3cc4c5c(cc(F)cc5n3)CCC4)[nH]c2=O)C1O. The number of hydrogen-bond donors (Lipinski definition) is 2. The molecule has 136 valence electrons. The van der Waals surface area contributed by atoms with Crippen molar-refractivity contribution in [2.75, 3.05) is 0 Å². The zero-order valence-electron chi connectivity index (χ0n) is 14.2. The number of ether oxygens (including phenoxy) is 1. The first-order chi connectivity index (χ1) is 13.0. The van der Waals surface area contributed by atoms with Crippen LogP contribution >= 0.6 is 0 Å². The standard InChI is InChI=1S/C20H15FN2O4/c21-11-4-9-2-1-3-10-5-14(22-16(6-11)17(9)10)15-7-12-13(19(25)23-15)8-27-20(26)18(12)24/h4-7,18,24H,1-3,8H2,(H,23,25). The Balaban J connectivity index is 1.74. The van der Waals surface area contributed by atoms with E-state index in [0.717, 1.165) is 35.8 Å². The number of esters is 1. The van der Waals surface area contributed by atoms with Crippen molar-refractivity contribution in [3.05, 3.63) is 62.7 Å². The number of aromatic amines is 1. The number of rotatable bonds is 1. The van der Waals surface area contributed by atoms with Gasteiger partial charge in [0.1, 0.15) is 12.4 Å². The van der Waals surface area contributed by atoms with Gasteiger partial charge >= 0.3 is 5.97 Å². The van der Waals surface area contributed by atoms with Gasteiger partial charge in [-0.25, -0.2) is 14.2 Å². The highest BCUT2D eigenvalue weighted by molar-refractivity contribution is 5.89. The van der Waals surface area contributed by atoms with E-state index in [4.69, 9.17) is 4.74 Å². The summed E-state index contributed by atoms with van der Waals surface area (Å²) in [5.41, 5.74) is 3.39. The number of nitrogens with one attached hydrogen (secondary N) is 1. The molecule has 0 spiro atoms. The summed E-state index contributed by atoms with van der Waals surface area (Å²) in [6, 6.07) is 6.37. The Hall–Kier alpha value is -3.06. The summed E-state index contributed by atoms with van der Waals surface area (Å²) in [5, 5.41) is 11.1. The van der Waals surface area contributed by atoms with Crippen LogP contribution in [0, 0.1) is 5.82 Å². The number of carbonyl (C=O) groups is 1. The third-order valence-corrected chi connectivity index (χ3v) is 5.25. The molecule has 1 aliphatic carbocycles. The number of carbonyl (C=O) groups excluding carboxylic acids is 1. The Morgan fingerprint density at radius 2 is 1.93 bits per heavy atom. The van der Waals surface area contributed by atoms with Gasteiger partial charge in [-0.15, -0.1) is 0 Å². The van der Waals surface area contributed by atoms with Crippen LogP contribution in [0.2, 0.25) is 0 Å². The minimum Gasteiger partial charge on any atom is -0.458 e. The van der Waals surface area contributed by atoms with Gasteiger partial charge in [-0.2, -0.15) is 0 Å². The lowest BCUT2D eigenvalue weighted by atomic mass is 9.89. The number of benzene rings is 1. The third kappa shape index (κ3) is 2.46. The van der Waals surface area contributed by atoms with Crippen LogP contribution in [0.5, 0.6) is 0 Å². The number of halogens is 1. The molecule has 0 fully saturated rings. The summed E-state index contributed by atoms with van der Waals surface area (Å²) < 4.78 is 18.8. The highest BCUT2D eigenvalue weighted by Gasteiger charge is 2.30. The minimum atomic E-state index is -1.50. The number of pyridine rings is 2. The van der Waals surface area contributed by atoms with Gasteiger partial charge in [-0.05, 0) is 48.6 Å². The fourth-order valence-corrected chi connectivity index (χ4v) is 3.99. The van der Waals surface area contributed by atoms with E-state index in [1.54, 1.807) is 12.1 Å². The van der Waals surface area contributed by atoms with Crippen molar-refractivity contribution in [1.82, 2.24) is 9.97 Å². The predicted octanol–water partition coefficient (Wildman–Crippen LogP) is 2.31. The van der Waals surface area contributed by atoms with Gasteiger partial charge in [0.15, 0.2) is 6.10 Å². The molecule has 1 aliphatic heterocycles. The lowest BCUT2D eigenvalue weighted by molar-refractivity contribution is -0.157. The molecule has 27 heavy (non-hydrogen) atoms. The highest BCUT2D eigenvalue weighted by Crippen LogP contribution is 2.33. The molecular weight excluding hydrogens is 351 g/mol. The lowest BCUT2D eigenvalue weighted by Crippen LogP contribution is -2.29. The quantitative estimate of drug-likeness (QED) is 0.645. The number of aliphatic hydroxyl groups is 1. The molecule has 6 nitrogen and oxygen atoms in total. The number of H-pyrrole nitrogens is 1. The molecule has 0 radical (unpaired) electrons. The van der Waals surface area contributed by atoms with Crippen LogP contribution in [0.4, 0.5) is 4.39 Å². The van der Waals surface area contributed by atoms with Crippen LogP contribution in [0.25, 0.3) is 22.3 Å². The number of cyclic esters (lactones) is 1. The van der Waals surface area contributed by atoms with Gasteiger partial charge in [0, 0.05) is 17.0 Å². The van der Waals surface area contributed by atoms with E-state index in [1.807, 2.05) is 6.07 Å². The van der Waals surface area contributed by atoms with Crippen LogP contribution in [0.15, 0.2) is 29.1 Å². The average molecular weight is 366 g/mol. The smallest absolute Gasteiger partial charge is 0.340 e. The molecule has 3 aromatic rings. The van der Waals surface area contributed by atoms with Crippen LogP contribution in [-0.4, -0.2) is 21.0 Å². The molecule has 0 saturated carbocycles. The zero-order valence-corrected chi connectivity index (χ0v) is 14.2. The maximum Gasteiger partial charge on any atom is 0.340 e. The summed E-state index contributed by atoms with van der Waals surface area (Å²) in [4.78, 5) is 31.3. The number of aromatic nitrogens is 2. The summed E-state index contributed by atoms with van der Waals surface area (Å²) in [6.45, 7) is -0.175. The number of hydrogen-bond acceptors (Lipinski definition) is 5. The normalized spacial score (nSPS) is 18.3. The molecule has 1 atom stereocenters. The fourth-order valence-electron chi connectivity index (χ4n) is 3.99. The van der Waals surface area contributed by atoms with E-state index in [1.165, 1.54) is 6.07 Å². The molecule has 1 unspecified atom stereocenters. The molecule has 7 heteroatoms. The lowest BCUT2D eigenvalue weighted by Gasteiger charge is -2.21. The molecule has 2 aliphatic rings.